The van der Waals surface area contributed by atoms with E-state index in [0.29, 0.717) is 5.56 Å². The van der Waals surface area contributed by atoms with Gasteiger partial charge in [-0.05, 0) is 17.7 Å². The summed E-state index contributed by atoms with van der Waals surface area (Å²) in [6.07, 6.45) is 1.45. The molecular weight excluding hydrogens is 244 g/mol. The van der Waals surface area contributed by atoms with Crippen LogP contribution < -0.4 is 0 Å². The van der Waals surface area contributed by atoms with E-state index in [1.54, 1.807) is 6.07 Å². The lowest BCUT2D eigenvalue weighted by molar-refractivity contribution is 0.0692. The lowest BCUT2D eigenvalue weighted by atomic mass is 10.1. The molecule has 0 aromatic heterocycles. The van der Waals surface area contributed by atoms with Crippen molar-refractivity contribution in [1.29, 1.82) is 0 Å². The second kappa shape index (κ2) is 3.97. The Morgan fingerprint density at radius 2 is 2.12 bits per heavy atom. The van der Waals surface area contributed by atoms with Gasteiger partial charge in [-0.1, -0.05) is 12.1 Å². The van der Waals surface area contributed by atoms with E-state index in [0.717, 1.165) is 0 Å². The fourth-order valence-electron chi connectivity index (χ4n) is 1.78. The van der Waals surface area contributed by atoms with E-state index in [-0.39, 0.29) is 22.0 Å². The maximum Gasteiger partial charge on any atom is 0.337 e. The van der Waals surface area contributed by atoms with E-state index in [1.807, 2.05) is 0 Å². The van der Waals surface area contributed by atoms with Crippen LogP contribution in [0.25, 0.3) is 6.08 Å². The van der Waals surface area contributed by atoms with Crippen LogP contribution in [0.3, 0.4) is 0 Å². The number of methoxy groups -OCH3 is 1. The zero-order valence-electron chi connectivity index (χ0n) is 9.00. The number of hydrogen-bond acceptors (Lipinski definition) is 4. The highest BCUT2D eigenvalue weighted by molar-refractivity contribution is 7.96. The van der Waals surface area contributed by atoms with E-state index in [4.69, 9.17) is 9.84 Å². The summed E-state index contributed by atoms with van der Waals surface area (Å²) >= 11 is 0. The third-order valence-electron chi connectivity index (χ3n) is 2.49. The van der Waals surface area contributed by atoms with Crippen molar-refractivity contribution in [3.05, 3.63) is 34.2 Å². The topological polar surface area (TPSA) is 80.7 Å². The normalized spacial score (nSPS) is 16.4. The highest BCUT2D eigenvalue weighted by Gasteiger charge is 2.33. The molecule has 0 bridgehead atoms. The smallest absolute Gasteiger partial charge is 0.337 e. The van der Waals surface area contributed by atoms with Crippen LogP contribution in [0.1, 0.15) is 15.9 Å². The number of aromatic carboxylic acids is 1. The molecule has 2 rings (SSSR count). The number of rotatable bonds is 3. The van der Waals surface area contributed by atoms with Crippen molar-refractivity contribution >= 4 is 21.9 Å². The molecule has 5 nitrogen and oxygen atoms in total. The van der Waals surface area contributed by atoms with Gasteiger partial charge >= 0.3 is 5.97 Å². The second-order valence-corrected chi connectivity index (χ2v) is 5.52. The van der Waals surface area contributed by atoms with Gasteiger partial charge in [-0.25, -0.2) is 13.2 Å². The van der Waals surface area contributed by atoms with Gasteiger partial charge in [0, 0.05) is 7.11 Å². The molecule has 1 aliphatic rings. The SMILES string of the molecule is COCC1=Cc2cccc(C(=O)O)c2S1(=O)=O. The van der Waals surface area contributed by atoms with Gasteiger partial charge in [-0.15, -0.1) is 0 Å². The average Bonchev–Trinajstić information content (AvgIpc) is 2.51. The van der Waals surface area contributed by atoms with Gasteiger partial charge in [-0.2, -0.15) is 0 Å². The Balaban J connectivity index is 2.67. The molecule has 1 N–H and O–H groups in total. The number of carboxylic acid groups (broad SMARTS) is 1. The van der Waals surface area contributed by atoms with E-state index >= 15 is 0 Å². The fraction of sp³-hybridized carbons (Fsp3) is 0.182. The van der Waals surface area contributed by atoms with Crippen LogP contribution in [0.4, 0.5) is 0 Å². The Morgan fingerprint density at radius 1 is 1.41 bits per heavy atom. The largest absolute Gasteiger partial charge is 0.478 e. The molecule has 0 aliphatic carbocycles. The molecule has 0 amide bonds. The first-order valence-corrected chi connectivity index (χ1v) is 6.27. The highest BCUT2D eigenvalue weighted by Crippen LogP contribution is 2.35. The molecule has 6 heteroatoms. The minimum absolute atomic E-state index is 0.0595. The molecule has 17 heavy (non-hydrogen) atoms. The monoisotopic (exact) mass is 254 g/mol. The van der Waals surface area contributed by atoms with Crippen LogP contribution in [0.5, 0.6) is 0 Å². The Morgan fingerprint density at radius 3 is 2.71 bits per heavy atom. The van der Waals surface area contributed by atoms with E-state index < -0.39 is 15.8 Å². The molecule has 90 valence electrons. The lowest BCUT2D eigenvalue weighted by Gasteiger charge is -2.05. The quantitative estimate of drug-likeness (QED) is 0.875. The number of fused-ring (bicyclic) bond motifs is 1. The predicted octanol–water partition coefficient (Wildman–Crippen LogP) is 1.16. The number of ether oxygens (including phenoxy) is 1. The van der Waals surface area contributed by atoms with Crippen molar-refractivity contribution in [3.63, 3.8) is 0 Å². The Bertz CT molecular complexity index is 613. The Hall–Kier alpha value is -1.66. The molecular formula is C11H10O5S. The summed E-state index contributed by atoms with van der Waals surface area (Å²) < 4.78 is 29.0. The van der Waals surface area contributed by atoms with Crippen molar-refractivity contribution in [1.82, 2.24) is 0 Å². The van der Waals surface area contributed by atoms with Crippen LogP contribution in [0.2, 0.25) is 0 Å². The van der Waals surface area contributed by atoms with Gasteiger partial charge in [0.1, 0.15) is 0 Å². The van der Waals surface area contributed by atoms with E-state index in [2.05, 4.69) is 0 Å². The summed E-state index contributed by atoms with van der Waals surface area (Å²) in [6, 6.07) is 4.37. The third kappa shape index (κ3) is 1.75. The molecule has 0 saturated carbocycles. The maximum absolute atomic E-state index is 12.1. The van der Waals surface area contributed by atoms with Crippen LogP contribution in [0.15, 0.2) is 28.0 Å². The summed E-state index contributed by atoms with van der Waals surface area (Å²) in [5, 5.41) is 8.98. The number of benzene rings is 1. The molecule has 0 fully saturated rings. The summed E-state index contributed by atoms with van der Waals surface area (Å²) in [6.45, 7) is -0.0595. The van der Waals surface area contributed by atoms with Crippen molar-refractivity contribution in [2.24, 2.45) is 0 Å². The number of sulfone groups is 1. The van der Waals surface area contributed by atoms with E-state index in [1.165, 1.54) is 25.3 Å². The predicted molar refractivity (Wildman–Crippen MR) is 60.4 cm³/mol. The summed E-state index contributed by atoms with van der Waals surface area (Å²) in [5.41, 5.74) is 0.196. The summed E-state index contributed by atoms with van der Waals surface area (Å²) in [7, 11) is -2.34. The molecule has 0 radical (unpaired) electrons. The highest BCUT2D eigenvalue weighted by atomic mass is 32.2. The van der Waals surface area contributed by atoms with Gasteiger partial charge in [-0.3, -0.25) is 0 Å². The first kappa shape index (κ1) is 11.8. The minimum Gasteiger partial charge on any atom is -0.478 e. The summed E-state index contributed by atoms with van der Waals surface area (Å²) in [4.78, 5) is 10.9. The third-order valence-corrected chi connectivity index (χ3v) is 4.41. The average molecular weight is 254 g/mol. The molecule has 1 aliphatic heterocycles. The molecule has 1 heterocycles. The van der Waals surface area contributed by atoms with Crippen molar-refractivity contribution < 1.29 is 23.1 Å². The second-order valence-electron chi connectivity index (χ2n) is 3.58. The van der Waals surface area contributed by atoms with Crippen molar-refractivity contribution in [2.75, 3.05) is 13.7 Å². The Kier molecular flexibility index (Phi) is 2.76. The van der Waals surface area contributed by atoms with Gasteiger partial charge in [0.25, 0.3) is 0 Å². The van der Waals surface area contributed by atoms with Crippen LogP contribution in [-0.2, 0) is 14.6 Å². The Labute approximate surface area is 98.3 Å². The van der Waals surface area contributed by atoms with Gasteiger partial charge in [0.15, 0.2) is 0 Å². The van der Waals surface area contributed by atoms with Gasteiger partial charge < -0.3 is 9.84 Å². The van der Waals surface area contributed by atoms with Crippen LogP contribution >= 0.6 is 0 Å². The molecule has 1 aromatic rings. The molecule has 0 saturated heterocycles. The number of carboxylic acids is 1. The standard InChI is InChI=1S/C11H10O5S/c1-16-6-8-5-7-3-2-4-9(11(12)13)10(7)17(8,14)15/h2-5H,6H2,1H3,(H,12,13). The van der Waals surface area contributed by atoms with Crippen LogP contribution in [0, 0.1) is 0 Å². The first-order valence-electron chi connectivity index (χ1n) is 4.79. The maximum atomic E-state index is 12.1. The first-order chi connectivity index (χ1) is 7.98. The zero-order valence-corrected chi connectivity index (χ0v) is 9.82. The molecule has 1 aromatic carbocycles. The van der Waals surface area contributed by atoms with Crippen molar-refractivity contribution in [2.45, 2.75) is 4.90 Å². The van der Waals surface area contributed by atoms with Crippen LogP contribution in [-0.4, -0.2) is 33.2 Å². The van der Waals surface area contributed by atoms with Crippen molar-refractivity contribution in [3.8, 4) is 0 Å². The molecule has 0 atom stereocenters. The molecule has 0 spiro atoms. The number of hydrogen-bond donors (Lipinski definition) is 1. The molecule has 0 unspecified atom stereocenters. The minimum atomic E-state index is -3.73. The zero-order chi connectivity index (χ0) is 12.6. The van der Waals surface area contributed by atoms with E-state index in [9.17, 15) is 13.2 Å². The lowest BCUT2D eigenvalue weighted by Crippen LogP contribution is -2.10. The van der Waals surface area contributed by atoms with Gasteiger partial charge in [0.05, 0.1) is 22.0 Å². The van der Waals surface area contributed by atoms with Gasteiger partial charge in [0.2, 0.25) is 9.84 Å². The summed E-state index contributed by atoms with van der Waals surface area (Å²) in [5.74, 6) is -1.25. The fourth-order valence-corrected chi connectivity index (χ4v) is 3.48. The number of carbonyl (C=O) groups is 1.